The molecule has 1 fully saturated rings. The van der Waals surface area contributed by atoms with Gasteiger partial charge in [0.05, 0.1) is 0 Å². The molecule has 2 unspecified atom stereocenters. The molecule has 0 heterocycles. The van der Waals surface area contributed by atoms with Crippen LogP contribution in [0.5, 0.6) is 5.75 Å². The molecule has 0 amide bonds. The van der Waals surface area contributed by atoms with Gasteiger partial charge in [0.1, 0.15) is 5.75 Å². The van der Waals surface area contributed by atoms with Crippen LogP contribution in [0.2, 0.25) is 0 Å². The van der Waals surface area contributed by atoms with E-state index in [1.165, 1.54) is 24.8 Å². The normalized spacial score (nSPS) is 30.4. The molecule has 0 radical (unpaired) electrons. The molecule has 0 spiro atoms. The van der Waals surface area contributed by atoms with Crippen molar-refractivity contribution >= 4 is 12.4 Å². The number of likely N-dealkylation sites (N-methyl/N-ethyl adjacent to an activating group) is 1. The Balaban J connectivity index is 0.00000180. The highest BCUT2D eigenvalue weighted by molar-refractivity contribution is 5.85. The number of benzene rings is 1. The number of rotatable bonds is 3. The Hall–Kier alpha value is -0.730. The molecule has 3 heteroatoms. The number of hydrogen-bond donors (Lipinski definition) is 1. The summed E-state index contributed by atoms with van der Waals surface area (Å²) in [5, 5.41) is 9.74. The van der Waals surface area contributed by atoms with Crippen molar-refractivity contribution in [3.63, 3.8) is 0 Å². The number of halogens is 1. The highest BCUT2D eigenvalue weighted by Crippen LogP contribution is 2.51. The summed E-state index contributed by atoms with van der Waals surface area (Å²) < 4.78 is 0. The van der Waals surface area contributed by atoms with Crippen molar-refractivity contribution in [2.75, 3.05) is 13.6 Å². The average molecular weight is 284 g/mol. The molecule has 1 saturated carbocycles. The molecule has 2 atom stereocenters. The largest absolute Gasteiger partial charge is 0.508 e. The van der Waals surface area contributed by atoms with Crippen molar-refractivity contribution in [1.82, 2.24) is 4.90 Å². The molecule has 0 aromatic heterocycles. The van der Waals surface area contributed by atoms with Gasteiger partial charge in [-0.15, -0.1) is 12.4 Å². The maximum absolute atomic E-state index is 9.74. The SMILES string of the molecule is CCN(C)C1(C)CCCC1(C)c1cccc(O)c1.Cl. The Morgan fingerprint density at radius 2 is 1.95 bits per heavy atom. The van der Waals surface area contributed by atoms with Gasteiger partial charge >= 0.3 is 0 Å². The summed E-state index contributed by atoms with van der Waals surface area (Å²) >= 11 is 0. The Kier molecular flexibility index (Phi) is 4.91. The van der Waals surface area contributed by atoms with Crippen LogP contribution in [0.4, 0.5) is 0 Å². The van der Waals surface area contributed by atoms with E-state index < -0.39 is 0 Å². The fraction of sp³-hybridized carbons (Fsp3) is 0.625. The minimum Gasteiger partial charge on any atom is -0.508 e. The van der Waals surface area contributed by atoms with Gasteiger partial charge in [-0.1, -0.05) is 32.4 Å². The lowest BCUT2D eigenvalue weighted by Crippen LogP contribution is -2.54. The second kappa shape index (κ2) is 5.72. The van der Waals surface area contributed by atoms with Crippen LogP contribution < -0.4 is 0 Å². The Morgan fingerprint density at radius 3 is 2.53 bits per heavy atom. The number of phenols is 1. The lowest BCUT2D eigenvalue weighted by Gasteiger charge is -2.48. The number of nitrogens with zero attached hydrogens (tertiary/aromatic N) is 1. The van der Waals surface area contributed by atoms with E-state index in [-0.39, 0.29) is 23.4 Å². The molecule has 1 aliphatic carbocycles. The van der Waals surface area contributed by atoms with Gasteiger partial charge in [-0.05, 0) is 51.1 Å². The van der Waals surface area contributed by atoms with Crippen LogP contribution >= 0.6 is 12.4 Å². The van der Waals surface area contributed by atoms with E-state index in [9.17, 15) is 5.11 Å². The van der Waals surface area contributed by atoms with Gasteiger partial charge < -0.3 is 10.0 Å². The smallest absolute Gasteiger partial charge is 0.115 e. The van der Waals surface area contributed by atoms with Crippen molar-refractivity contribution in [2.45, 2.75) is 51.0 Å². The highest BCUT2D eigenvalue weighted by atomic mass is 35.5. The Morgan fingerprint density at radius 1 is 1.26 bits per heavy atom. The van der Waals surface area contributed by atoms with Gasteiger partial charge in [-0.2, -0.15) is 0 Å². The molecular formula is C16H26ClNO. The monoisotopic (exact) mass is 283 g/mol. The Bertz CT molecular complexity index is 437. The second-order valence-electron chi connectivity index (χ2n) is 6.02. The summed E-state index contributed by atoms with van der Waals surface area (Å²) in [6, 6.07) is 7.81. The average Bonchev–Trinajstić information content (AvgIpc) is 2.67. The number of hydrogen-bond acceptors (Lipinski definition) is 2. The first-order valence-electron chi connectivity index (χ1n) is 6.95. The van der Waals surface area contributed by atoms with Crippen LogP contribution in [0.1, 0.15) is 45.6 Å². The van der Waals surface area contributed by atoms with Crippen molar-refractivity contribution in [3.8, 4) is 5.75 Å². The summed E-state index contributed by atoms with van der Waals surface area (Å²) in [5.41, 5.74) is 1.56. The second-order valence-corrected chi connectivity index (χ2v) is 6.02. The van der Waals surface area contributed by atoms with Crippen molar-refractivity contribution in [1.29, 1.82) is 0 Å². The maximum atomic E-state index is 9.74. The first-order chi connectivity index (χ1) is 8.44. The van der Waals surface area contributed by atoms with Crippen LogP contribution in [0.15, 0.2) is 24.3 Å². The van der Waals surface area contributed by atoms with Crippen LogP contribution in [0, 0.1) is 0 Å². The summed E-state index contributed by atoms with van der Waals surface area (Å²) in [6.45, 7) is 7.99. The van der Waals surface area contributed by atoms with Crippen LogP contribution in [-0.4, -0.2) is 29.1 Å². The van der Waals surface area contributed by atoms with Crippen molar-refractivity contribution < 1.29 is 5.11 Å². The number of phenolic OH excluding ortho intramolecular Hbond substituents is 1. The molecule has 1 N–H and O–H groups in total. The molecule has 19 heavy (non-hydrogen) atoms. The summed E-state index contributed by atoms with van der Waals surface area (Å²) in [6.07, 6.45) is 3.67. The van der Waals surface area contributed by atoms with E-state index in [1.807, 2.05) is 12.1 Å². The maximum Gasteiger partial charge on any atom is 0.115 e. The summed E-state index contributed by atoms with van der Waals surface area (Å²) in [4.78, 5) is 2.46. The van der Waals surface area contributed by atoms with Gasteiger partial charge in [0.25, 0.3) is 0 Å². The van der Waals surface area contributed by atoms with Gasteiger partial charge in [0, 0.05) is 11.0 Å². The molecule has 1 aromatic rings. The molecule has 1 aromatic carbocycles. The molecular weight excluding hydrogens is 258 g/mol. The van der Waals surface area contributed by atoms with Gasteiger partial charge in [-0.3, -0.25) is 0 Å². The van der Waals surface area contributed by atoms with E-state index in [0.29, 0.717) is 5.75 Å². The predicted molar refractivity (Wildman–Crippen MR) is 83.3 cm³/mol. The highest BCUT2D eigenvalue weighted by Gasteiger charge is 2.51. The molecule has 0 bridgehead atoms. The molecule has 108 valence electrons. The van der Waals surface area contributed by atoms with E-state index in [4.69, 9.17) is 0 Å². The topological polar surface area (TPSA) is 23.5 Å². The molecule has 1 aliphatic rings. The zero-order valence-corrected chi connectivity index (χ0v) is 13.3. The van der Waals surface area contributed by atoms with Crippen molar-refractivity contribution in [2.24, 2.45) is 0 Å². The zero-order valence-electron chi connectivity index (χ0n) is 12.4. The molecule has 2 rings (SSSR count). The third kappa shape index (κ3) is 2.48. The molecule has 2 nitrogen and oxygen atoms in total. The van der Waals surface area contributed by atoms with Crippen LogP contribution in [-0.2, 0) is 5.41 Å². The minimum atomic E-state index is 0. The van der Waals surface area contributed by atoms with Crippen LogP contribution in [0.25, 0.3) is 0 Å². The molecule has 0 aliphatic heterocycles. The number of aromatic hydroxyl groups is 1. The van der Waals surface area contributed by atoms with Gasteiger partial charge in [-0.25, -0.2) is 0 Å². The van der Waals surface area contributed by atoms with E-state index in [1.54, 1.807) is 6.07 Å². The molecule has 0 saturated heterocycles. The van der Waals surface area contributed by atoms with Crippen LogP contribution in [0.3, 0.4) is 0 Å². The third-order valence-electron chi connectivity index (χ3n) is 5.33. The lowest BCUT2D eigenvalue weighted by molar-refractivity contribution is 0.0836. The van der Waals surface area contributed by atoms with E-state index in [2.05, 4.69) is 38.8 Å². The van der Waals surface area contributed by atoms with Gasteiger partial charge in [0.15, 0.2) is 0 Å². The van der Waals surface area contributed by atoms with E-state index in [0.717, 1.165) is 6.54 Å². The quantitative estimate of drug-likeness (QED) is 0.907. The lowest BCUT2D eigenvalue weighted by atomic mass is 9.68. The fourth-order valence-corrected chi connectivity index (χ4v) is 3.60. The summed E-state index contributed by atoms with van der Waals surface area (Å²) in [5.74, 6) is 0.377. The fourth-order valence-electron chi connectivity index (χ4n) is 3.60. The first kappa shape index (κ1) is 16.3. The summed E-state index contributed by atoms with van der Waals surface area (Å²) in [7, 11) is 2.21. The minimum absolute atomic E-state index is 0. The van der Waals surface area contributed by atoms with E-state index >= 15 is 0 Å². The van der Waals surface area contributed by atoms with Crippen molar-refractivity contribution in [3.05, 3.63) is 29.8 Å². The van der Waals surface area contributed by atoms with Gasteiger partial charge in [0.2, 0.25) is 0 Å². The standard InChI is InChI=1S/C16H25NO.ClH/c1-5-17(4)16(3)11-7-10-15(16,2)13-8-6-9-14(18)12-13;/h6,8-9,12,18H,5,7,10-11H2,1-4H3;1H. The third-order valence-corrected chi connectivity index (χ3v) is 5.33. The zero-order chi connectivity index (χ0) is 13.4. The predicted octanol–water partition coefficient (Wildman–Crippen LogP) is 3.97. The Labute approximate surface area is 123 Å². The first-order valence-corrected chi connectivity index (χ1v) is 6.95.